The minimum atomic E-state index is -0.600. The second kappa shape index (κ2) is 5.19. The fourth-order valence-electron chi connectivity index (χ4n) is 1.57. The Hall–Kier alpha value is -1.58. The van der Waals surface area contributed by atoms with Gasteiger partial charge in [0, 0.05) is 13.1 Å². The van der Waals surface area contributed by atoms with Crippen molar-refractivity contribution >= 4 is 27.5 Å². The number of benzene rings is 1. The fraction of sp³-hybridized carbons (Fsp3) is 0.167. The number of rotatable bonds is 2. The van der Waals surface area contributed by atoms with Gasteiger partial charge in [-0.05, 0) is 28.9 Å². The summed E-state index contributed by atoms with van der Waals surface area (Å²) >= 11 is 8.88. The summed E-state index contributed by atoms with van der Waals surface area (Å²) in [5.41, 5.74) is 0.857. The molecule has 0 N–H and O–H groups in total. The van der Waals surface area contributed by atoms with Crippen molar-refractivity contribution in [3.8, 4) is 17.7 Å². The lowest BCUT2D eigenvalue weighted by Crippen LogP contribution is -1.97. The molecular formula is C12H8BrClFN3O. The number of nitriles is 1. The molecule has 0 aliphatic rings. The average molecular weight is 345 g/mol. The van der Waals surface area contributed by atoms with Gasteiger partial charge in [0.2, 0.25) is 5.88 Å². The normalized spacial score (nSPS) is 10.3. The molecular weight excluding hydrogens is 337 g/mol. The number of nitrogens with zero attached hydrogens (tertiary/aromatic N) is 3. The van der Waals surface area contributed by atoms with Crippen LogP contribution in [0.15, 0.2) is 16.6 Å². The van der Waals surface area contributed by atoms with Gasteiger partial charge in [-0.15, -0.1) is 0 Å². The summed E-state index contributed by atoms with van der Waals surface area (Å²) in [5.74, 6) is -0.124. The van der Waals surface area contributed by atoms with Crippen molar-refractivity contribution in [1.82, 2.24) is 9.78 Å². The molecule has 1 aromatic heterocycles. The second-order valence-electron chi connectivity index (χ2n) is 3.80. The smallest absolute Gasteiger partial charge is 0.235 e. The van der Waals surface area contributed by atoms with Crippen molar-refractivity contribution in [2.75, 3.05) is 0 Å². The van der Waals surface area contributed by atoms with Crippen molar-refractivity contribution in [3.63, 3.8) is 0 Å². The molecule has 0 amide bonds. The molecule has 0 bridgehead atoms. The Bertz CT molecular complexity index is 693. The van der Waals surface area contributed by atoms with Crippen LogP contribution >= 0.6 is 27.5 Å². The Balaban J connectivity index is 2.48. The van der Waals surface area contributed by atoms with E-state index in [4.69, 9.17) is 21.6 Å². The first-order chi connectivity index (χ1) is 8.93. The molecule has 0 spiro atoms. The van der Waals surface area contributed by atoms with E-state index in [-0.39, 0.29) is 16.7 Å². The van der Waals surface area contributed by atoms with Gasteiger partial charge in [0.25, 0.3) is 0 Å². The Labute approximate surface area is 122 Å². The van der Waals surface area contributed by atoms with E-state index in [1.807, 2.05) is 6.07 Å². The van der Waals surface area contributed by atoms with Gasteiger partial charge in [-0.2, -0.15) is 10.4 Å². The molecule has 7 heteroatoms. The van der Waals surface area contributed by atoms with Crippen molar-refractivity contribution in [3.05, 3.63) is 38.7 Å². The lowest BCUT2D eigenvalue weighted by atomic mass is 10.3. The molecule has 0 fully saturated rings. The number of hydrogen-bond donors (Lipinski definition) is 0. The minimum Gasteiger partial charge on any atom is -0.437 e. The fourth-order valence-corrected chi connectivity index (χ4v) is 2.29. The number of halogens is 3. The SMILES string of the molecule is Cc1nn(C)c(Oc2cc(F)c(Cl)cc2Br)c1C#N. The van der Waals surface area contributed by atoms with Crippen LogP contribution in [-0.4, -0.2) is 9.78 Å². The first-order valence-corrected chi connectivity index (χ1v) is 6.37. The third-order valence-electron chi connectivity index (χ3n) is 2.46. The van der Waals surface area contributed by atoms with E-state index in [9.17, 15) is 4.39 Å². The van der Waals surface area contributed by atoms with Crippen molar-refractivity contribution in [2.45, 2.75) is 6.92 Å². The maximum Gasteiger partial charge on any atom is 0.235 e. The Morgan fingerprint density at radius 1 is 1.53 bits per heavy atom. The molecule has 0 aliphatic heterocycles. The van der Waals surface area contributed by atoms with Crippen molar-refractivity contribution < 1.29 is 9.13 Å². The molecule has 98 valence electrons. The largest absolute Gasteiger partial charge is 0.437 e. The first kappa shape index (κ1) is 13.8. The van der Waals surface area contributed by atoms with Crippen LogP contribution in [0, 0.1) is 24.1 Å². The Morgan fingerprint density at radius 2 is 2.21 bits per heavy atom. The summed E-state index contributed by atoms with van der Waals surface area (Å²) in [7, 11) is 1.64. The van der Waals surface area contributed by atoms with Crippen LogP contribution < -0.4 is 4.74 Å². The summed E-state index contributed by atoms with van der Waals surface area (Å²) in [4.78, 5) is 0. The van der Waals surface area contributed by atoms with E-state index in [0.29, 0.717) is 15.7 Å². The Kier molecular flexibility index (Phi) is 3.78. The Morgan fingerprint density at radius 3 is 2.84 bits per heavy atom. The highest BCUT2D eigenvalue weighted by Gasteiger charge is 2.17. The third kappa shape index (κ3) is 2.57. The quantitative estimate of drug-likeness (QED) is 0.775. The number of ether oxygens (including phenoxy) is 1. The van der Waals surface area contributed by atoms with E-state index >= 15 is 0 Å². The summed E-state index contributed by atoms with van der Waals surface area (Å²) in [6.45, 7) is 1.70. The van der Waals surface area contributed by atoms with Crippen LogP contribution in [0.5, 0.6) is 11.6 Å². The monoisotopic (exact) mass is 343 g/mol. The molecule has 0 unspecified atom stereocenters. The highest BCUT2D eigenvalue weighted by atomic mass is 79.9. The highest BCUT2D eigenvalue weighted by molar-refractivity contribution is 9.10. The maximum absolute atomic E-state index is 13.4. The van der Waals surface area contributed by atoms with Crippen LogP contribution in [0.4, 0.5) is 4.39 Å². The molecule has 4 nitrogen and oxygen atoms in total. The predicted molar refractivity (Wildman–Crippen MR) is 71.8 cm³/mol. The van der Waals surface area contributed by atoms with E-state index in [0.717, 1.165) is 6.07 Å². The summed E-state index contributed by atoms with van der Waals surface area (Å²) < 4.78 is 20.9. The van der Waals surface area contributed by atoms with Gasteiger partial charge < -0.3 is 4.74 Å². The van der Waals surface area contributed by atoms with Gasteiger partial charge in [-0.25, -0.2) is 9.07 Å². The molecule has 0 aliphatic carbocycles. The van der Waals surface area contributed by atoms with Gasteiger partial charge in [0.1, 0.15) is 23.2 Å². The van der Waals surface area contributed by atoms with E-state index in [2.05, 4.69) is 21.0 Å². The lowest BCUT2D eigenvalue weighted by Gasteiger charge is -2.09. The molecule has 0 atom stereocenters. The van der Waals surface area contributed by atoms with Gasteiger partial charge in [-0.3, -0.25) is 0 Å². The maximum atomic E-state index is 13.4. The number of aryl methyl sites for hydroxylation is 2. The summed E-state index contributed by atoms with van der Waals surface area (Å²) in [6, 6.07) is 4.55. The van der Waals surface area contributed by atoms with Gasteiger partial charge >= 0.3 is 0 Å². The third-order valence-corrected chi connectivity index (χ3v) is 3.37. The number of aromatic nitrogens is 2. The van der Waals surface area contributed by atoms with Crippen LogP contribution in [0.25, 0.3) is 0 Å². The zero-order chi connectivity index (χ0) is 14.2. The molecule has 19 heavy (non-hydrogen) atoms. The molecule has 1 heterocycles. The topological polar surface area (TPSA) is 50.8 Å². The molecule has 2 rings (SSSR count). The molecule has 0 saturated heterocycles. The van der Waals surface area contributed by atoms with E-state index < -0.39 is 5.82 Å². The van der Waals surface area contributed by atoms with Crippen molar-refractivity contribution in [2.24, 2.45) is 7.05 Å². The molecule has 0 saturated carbocycles. The predicted octanol–water partition coefficient (Wildman–Crippen LogP) is 3.95. The zero-order valence-electron chi connectivity index (χ0n) is 10.0. The van der Waals surface area contributed by atoms with Gasteiger partial charge in [0.15, 0.2) is 0 Å². The summed E-state index contributed by atoms with van der Waals surface area (Å²) in [6.07, 6.45) is 0. The standard InChI is InChI=1S/C12H8BrClFN3O/c1-6-7(5-16)12(18(2)17-6)19-11-4-10(15)9(14)3-8(11)13/h3-4H,1-2H3. The second-order valence-corrected chi connectivity index (χ2v) is 5.06. The number of hydrogen-bond acceptors (Lipinski definition) is 3. The highest BCUT2D eigenvalue weighted by Crippen LogP contribution is 2.35. The van der Waals surface area contributed by atoms with Crippen LogP contribution in [0.1, 0.15) is 11.3 Å². The molecule has 0 radical (unpaired) electrons. The van der Waals surface area contributed by atoms with E-state index in [1.165, 1.54) is 10.7 Å². The average Bonchev–Trinajstić information content (AvgIpc) is 2.60. The van der Waals surface area contributed by atoms with Gasteiger partial charge in [0.05, 0.1) is 15.2 Å². The lowest BCUT2D eigenvalue weighted by molar-refractivity contribution is 0.424. The molecule has 1 aromatic carbocycles. The first-order valence-electron chi connectivity index (χ1n) is 5.20. The van der Waals surface area contributed by atoms with Crippen LogP contribution in [-0.2, 0) is 7.05 Å². The van der Waals surface area contributed by atoms with E-state index in [1.54, 1.807) is 14.0 Å². The van der Waals surface area contributed by atoms with Crippen LogP contribution in [0.3, 0.4) is 0 Å². The zero-order valence-corrected chi connectivity index (χ0v) is 12.4. The van der Waals surface area contributed by atoms with Gasteiger partial charge in [-0.1, -0.05) is 11.6 Å². The van der Waals surface area contributed by atoms with Crippen LogP contribution in [0.2, 0.25) is 5.02 Å². The summed E-state index contributed by atoms with van der Waals surface area (Å²) in [5, 5.41) is 13.1. The van der Waals surface area contributed by atoms with Crippen molar-refractivity contribution in [1.29, 1.82) is 5.26 Å². The minimum absolute atomic E-state index is 0.0130. The molecule has 2 aromatic rings.